The van der Waals surface area contributed by atoms with Gasteiger partial charge in [0.2, 0.25) is 11.8 Å². The van der Waals surface area contributed by atoms with Crippen LogP contribution in [0.1, 0.15) is 36.9 Å². The van der Waals surface area contributed by atoms with Crippen molar-refractivity contribution in [3.8, 4) is 0 Å². The summed E-state index contributed by atoms with van der Waals surface area (Å²) >= 11 is 2.92. The van der Waals surface area contributed by atoms with E-state index in [0.29, 0.717) is 35.1 Å². The number of hydrogen-bond acceptors (Lipinski definition) is 7. The first-order valence-electron chi connectivity index (χ1n) is 8.13. The highest BCUT2D eigenvalue weighted by Gasteiger charge is 2.25. The molecule has 3 rings (SSSR count). The lowest BCUT2D eigenvalue weighted by atomic mass is 9.92. The number of aromatic nitrogens is 3. The Morgan fingerprint density at radius 3 is 2.79 bits per heavy atom. The predicted octanol–water partition coefficient (Wildman–Crippen LogP) is 3.02. The van der Waals surface area contributed by atoms with Crippen LogP contribution in [-0.2, 0) is 11.2 Å². The zero-order valence-corrected chi connectivity index (χ0v) is 15.8. The largest absolute Gasteiger partial charge is 0.416 e. The monoisotopic (exact) mass is 366 g/mol. The van der Waals surface area contributed by atoms with Crippen LogP contribution in [0.15, 0.2) is 15.0 Å². The summed E-state index contributed by atoms with van der Waals surface area (Å²) in [6.07, 6.45) is 1.73. The van der Waals surface area contributed by atoms with Crippen molar-refractivity contribution >= 4 is 29.0 Å². The number of carbonyl (C=O) groups excluding carboxylic acids is 1. The predicted molar refractivity (Wildman–Crippen MR) is 94.2 cm³/mol. The van der Waals surface area contributed by atoms with Crippen LogP contribution in [0.4, 0.5) is 0 Å². The Morgan fingerprint density at radius 1 is 1.38 bits per heavy atom. The third-order valence-electron chi connectivity index (χ3n) is 3.99. The molecule has 6 nitrogen and oxygen atoms in total. The molecule has 0 aromatic carbocycles. The molecule has 2 atom stereocenters. The molecule has 1 amide bonds. The molecular formula is C16H22N4O2S2. The van der Waals surface area contributed by atoms with Gasteiger partial charge in [-0.15, -0.1) is 21.5 Å². The minimum atomic E-state index is 0.147. The first-order chi connectivity index (χ1) is 11.5. The van der Waals surface area contributed by atoms with Crippen molar-refractivity contribution in [1.82, 2.24) is 20.1 Å². The third kappa shape index (κ3) is 4.57. The maximum atomic E-state index is 12.4. The number of nitrogens with zero attached hydrogens (tertiary/aromatic N) is 4. The van der Waals surface area contributed by atoms with Gasteiger partial charge in [0, 0.05) is 18.5 Å². The number of amides is 1. The number of carbonyl (C=O) groups is 1. The fourth-order valence-electron chi connectivity index (χ4n) is 3.09. The Bertz CT molecular complexity index is 690. The van der Waals surface area contributed by atoms with Crippen LogP contribution >= 0.6 is 23.1 Å². The summed E-state index contributed by atoms with van der Waals surface area (Å²) in [6.45, 7) is 8.07. The standard InChI is InChI=1S/C16H22N4O2S2/c1-10-4-11(2)7-20(6-10)15(21)9-24-16-19-18-14(22-16)5-13-8-23-12(3)17-13/h8,10-11H,4-7,9H2,1-3H3/t10-,11-/m0/s1. The molecule has 130 valence electrons. The van der Waals surface area contributed by atoms with Gasteiger partial charge >= 0.3 is 0 Å². The molecule has 1 saturated heterocycles. The van der Waals surface area contributed by atoms with Crippen molar-refractivity contribution < 1.29 is 9.21 Å². The van der Waals surface area contributed by atoms with Crippen molar-refractivity contribution in [2.24, 2.45) is 11.8 Å². The number of piperidine rings is 1. The van der Waals surface area contributed by atoms with Crippen LogP contribution in [0.25, 0.3) is 0 Å². The summed E-state index contributed by atoms with van der Waals surface area (Å²) in [5.41, 5.74) is 0.935. The van der Waals surface area contributed by atoms with Crippen molar-refractivity contribution in [2.45, 2.75) is 38.8 Å². The lowest BCUT2D eigenvalue weighted by Gasteiger charge is -2.34. The van der Waals surface area contributed by atoms with E-state index >= 15 is 0 Å². The molecule has 1 aliphatic heterocycles. The van der Waals surface area contributed by atoms with Gasteiger partial charge in [-0.3, -0.25) is 4.79 Å². The van der Waals surface area contributed by atoms with Crippen LogP contribution in [0.2, 0.25) is 0 Å². The van der Waals surface area contributed by atoms with Gasteiger partial charge in [0.25, 0.3) is 5.22 Å². The normalized spacial score (nSPS) is 21.2. The van der Waals surface area contributed by atoms with Gasteiger partial charge < -0.3 is 9.32 Å². The number of aryl methyl sites for hydroxylation is 1. The molecule has 0 N–H and O–H groups in total. The molecule has 0 spiro atoms. The SMILES string of the molecule is Cc1nc(Cc2nnc(SCC(=O)N3C[C@@H](C)C[C@H](C)C3)o2)cs1. The second kappa shape index (κ2) is 7.65. The Labute approximate surface area is 150 Å². The smallest absolute Gasteiger partial charge is 0.277 e. The Kier molecular flexibility index (Phi) is 5.55. The molecule has 1 aliphatic rings. The lowest BCUT2D eigenvalue weighted by molar-refractivity contribution is -0.130. The van der Waals surface area contributed by atoms with Crippen molar-refractivity contribution in [2.75, 3.05) is 18.8 Å². The molecule has 0 unspecified atom stereocenters. The van der Waals surface area contributed by atoms with Gasteiger partial charge in [0.05, 0.1) is 22.9 Å². The molecule has 0 radical (unpaired) electrons. The maximum absolute atomic E-state index is 12.4. The number of thiazole rings is 1. The van der Waals surface area contributed by atoms with Crippen molar-refractivity contribution in [1.29, 1.82) is 0 Å². The van der Waals surface area contributed by atoms with Gasteiger partial charge in [0.1, 0.15) is 0 Å². The van der Waals surface area contributed by atoms with Gasteiger partial charge in [0.15, 0.2) is 0 Å². The van der Waals surface area contributed by atoms with E-state index in [1.165, 1.54) is 18.2 Å². The summed E-state index contributed by atoms with van der Waals surface area (Å²) in [7, 11) is 0. The quantitative estimate of drug-likeness (QED) is 0.758. The van der Waals surface area contributed by atoms with Crippen LogP contribution < -0.4 is 0 Å². The van der Waals surface area contributed by atoms with Crippen LogP contribution in [0, 0.1) is 18.8 Å². The van der Waals surface area contributed by atoms with Gasteiger partial charge in [-0.1, -0.05) is 25.6 Å². The van der Waals surface area contributed by atoms with Crippen LogP contribution in [0.3, 0.4) is 0 Å². The highest BCUT2D eigenvalue weighted by atomic mass is 32.2. The van der Waals surface area contributed by atoms with E-state index in [1.807, 2.05) is 17.2 Å². The minimum absolute atomic E-state index is 0.147. The zero-order chi connectivity index (χ0) is 17.1. The number of likely N-dealkylation sites (tertiary alicyclic amines) is 1. The topological polar surface area (TPSA) is 72.1 Å². The molecule has 2 aromatic rings. The summed E-state index contributed by atoms with van der Waals surface area (Å²) < 4.78 is 5.61. The molecular weight excluding hydrogens is 344 g/mol. The van der Waals surface area contributed by atoms with E-state index < -0.39 is 0 Å². The summed E-state index contributed by atoms with van der Waals surface area (Å²) in [5, 5.41) is 11.5. The molecule has 2 aromatic heterocycles. The molecule has 0 bridgehead atoms. The van der Waals surface area contributed by atoms with E-state index in [4.69, 9.17) is 4.42 Å². The highest BCUT2D eigenvalue weighted by Crippen LogP contribution is 2.23. The van der Waals surface area contributed by atoms with Crippen LogP contribution in [0.5, 0.6) is 0 Å². The summed E-state index contributed by atoms with van der Waals surface area (Å²) in [5.74, 6) is 2.17. The minimum Gasteiger partial charge on any atom is -0.416 e. The Hall–Kier alpha value is -1.41. The molecule has 8 heteroatoms. The molecule has 1 fully saturated rings. The molecule has 0 aliphatic carbocycles. The first-order valence-corrected chi connectivity index (χ1v) is 10.00. The Balaban J connectivity index is 1.50. The molecule has 0 saturated carbocycles. The second-order valence-electron chi connectivity index (χ2n) is 6.53. The summed E-state index contributed by atoms with van der Waals surface area (Å²) in [4.78, 5) is 18.7. The van der Waals surface area contributed by atoms with E-state index in [0.717, 1.165) is 23.8 Å². The number of hydrogen-bond donors (Lipinski definition) is 0. The number of rotatable bonds is 5. The fourth-order valence-corrected chi connectivity index (χ4v) is 4.39. The van der Waals surface area contributed by atoms with E-state index in [-0.39, 0.29) is 5.91 Å². The zero-order valence-electron chi connectivity index (χ0n) is 14.2. The number of thioether (sulfide) groups is 1. The summed E-state index contributed by atoms with van der Waals surface area (Å²) in [6, 6.07) is 0. The average Bonchev–Trinajstić information content (AvgIpc) is 3.13. The van der Waals surface area contributed by atoms with E-state index in [2.05, 4.69) is 29.0 Å². The third-order valence-corrected chi connectivity index (χ3v) is 5.61. The second-order valence-corrected chi connectivity index (χ2v) is 8.52. The lowest BCUT2D eigenvalue weighted by Crippen LogP contribution is -2.43. The van der Waals surface area contributed by atoms with Crippen molar-refractivity contribution in [3.63, 3.8) is 0 Å². The fraction of sp³-hybridized carbons (Fsp3) is 0.625. The highest BCUT2D eigenvalue weighted by molar-refractivity contribution is 7.99. The van der Waals surface area contributed by atoms with E-state index in [9.17, 15) is 4.79 Å². The Morgan fingerprint density at radius 2 is 2.12 bits per heavy atom. The maximum Gasteiger partial charge on any atom is 0.277 e. The molecule has 24 heavy (non-hydrogen) atoms. The van der Waals surface area contributed by atoms with E-state index in [1.54, 1.807) is 11.3 Å². The van der Waals surface area contributed by atoms with Gasteiger partial charge in [-0.05, 0) is 25.2 Å². The van der Waals surface area contributed by atoms with Crippen molar-refractivity contribution in [3.05, 3.63) is 22.0 Å². The molecule has 3 heterocycles. The van der Waals surface area contributed by atoms with Crippen LogP contribution in [-0.4, -0.2) is 44.8 Å². The average molecular weight is 367 g/mol. The first kappa shape index (κ1) is 17.4. The van der Waals surface area contributed by atoms with Gasteiger partial charge in [-0.2, -0.15) is 0 Å². The van der Waals surface area contributed by atoms with Gasteiger partial charge in [-0.25, -0.2) is 4.98 Å².